The maximum absolute atomic E-state index is 10.8. The van der Waals surface area contributed by atoms with Crippen molar-refractivity contribution < 1.29 is 9.90 Å². The summed E-state index contributed by atoms with van der Waals surface area (Å²) in [4.78, 5) is 10.8. The van der Waals surface area contributed by atoms with Gasteiger partial charge in [-0.1, -0.05) is 0 Å². The molecule has 74 valence electrons. The lowest BCUT2D eigenvalue weighted by Crippen LogP contribution is -1.95. The van der Waals surface area contributed by atoms with E-state index in [0.717, 1.165) is 5.52 Å². The van der Waals surface area contributed by atoms with Crippen LogP contribution in [0.15, 0.2) is 24.4 Å². The van der Waals surface area contributed by atoms with Crippen molar-refractivity contribution in [1.82, 2.24) is 4.57 Å². The largest absolute Gasteiger partial charge is 0.478 e. The van der Waals surface area contributed by atoms with Crippen molar-refractivity contribution in [3.05, 3.63) is 35.5 Å². The quantitative estimate of drug-likeness (QED) is 0.762. The number of nitrogens with zero attached hydrogens (tertiary/aromatic N) is 2. The number of carboxylic acids is 1. The van der Waals surface area contributed by atoms with Crippen LogP contribution in [-0.4, -0.2) is 15.6 Å². The summed E-state index contributed by atoms with van der Waals surface area (Å²) in [7, 11) is 1.82. The van der Waals surface area contributed by atoms with Gasteiger partial charge in [-0.3, -0.25) is 0 Å². The average Bonchev–Trinajstić information content (AvgIpc) is 2.55. The van der Waals surface area contributed by atoms with Crippen molar-refractivity contribution in [1.29, 1.82) is 5.26 Å². The maximum atomic E-state index is 10.8. The highest BCUT2D eigenvalue weighted by Crippen LogP contribution is 2.21. The van der Waals surface area contributed by atoms with Crippen LogP contribution in [0.25, 0.3) is 10.9 Å². The molecule has 0 radical (unpaired) electrons. The summed E-state index contributed by atoms with van der Waals surface area (Å²) < 4.78 is 1.81. The lowest BCUT2D eigenvalue weighted by Gasteiger charge is -1.97. The first-order valence-corrected chi connectivity index (χ1v) is 4.36. The van der Waals surface area contributed by atoms with E-state index >= 15 is 0 Å². The summed E-state index contributed by atoms with van der Waals surface area (Å²) in [6.45, 7) is 0. The van der Waals surface area contributed by atoms with Crippen LogP contribution < -0.4 is 0 Å². The van der Waals surface area contributed by atoms with Gasteiger partial charge in [-0.15, -0.1) is 0 Å². The molecule has 0 amide bonds. The second-order valence-corrected chi connectivity index (χ2v) is 3.30. The number of fused-ring (bicyclic) bond motifs is 1. The second kappa shape index (κ2) is 3.14. The Morgan fingerprint density at radius 2 is 2.27 bits per heavy atom. The number of carbonyl (C=O) groups is 1. The van der Waals surface area contributed by atoms with Gasteiger partial charge >= 0.3 is 5.97 Å². The Morgan fingerprint density at radius 1 is 1.53 bits per heavy atom. The molecule has 4 nitrogen and oxygen atoms in total. The van der Waals surface area contributed by atoms with Crippen molar-refractivity contribution in [2.24, 2.45) is 7.05 Å². The van der Waals surface area contributed by atoms with Crippen LogP contribution in [0.3, 0.4) is 0 Å². The van der Waals surface area contributed by atoms with Gasteiger partial charge in [0.25, 0.3) is 0 Å². The molecule has 0 saturated carbocycles. The monoisotopic (exact) mass is 200 g/mol. The molecule has 0 spiro atoms. The Balaban J connectivity index is 2.81. The minimum atomic E-state index is -0.982. The molecule has 0 aliphatic carbocycles. The Bertz CT molecular complexity index is 590. The molecular weight excluding hydrogens is 192 g/mol. The topological polar surface area (TPSA) is 66.0 Å². The van der Waals surface area contributed by atoms with Gasteiger partial charge in [0.1, 0.15) is 6.07 Å². The van der Waals surface area contributed by atoms with Crippen LogP contribution in [-0.2, 0) is 7.05 Å². The molecule has 1 aromatic carbocycles. The summed E-state index contributed by atoms with van der Waals surface area (Å²) in [5.41, 5.74) is 1.55. The Labute approximate surface area is 86.0 Å². The molecule has 4 heteroatoms. The van der Waals surface area contributed by atoms with Crippen molar-refractivity contribution in [2.75, 3.05) is 0 Å². The highest BCUT2D eigenvalue weighted by molar-refractivity contribution is 5.95. The average molecular weight is 200 g/mol. The van der Waals surface area contributed by atoms with E-state index in [1.54, 1.807) is 16.8 Å². The van der Waals surface area contributed by atoms with Gasteiger partial charge in [0.15, 0.2) is 0 Å². The predicted octanol–water partition coefficient (Wildman–Crippen LogP) is 1.75. The number of hydrogen-bond acceptors (Lipinski definition) is 2. The first kappa shape index (κ1) is 9.28. The molecule has 0 unspecified atom stereocenters. The summed E-state index contributed by atoms with van der Waals surface area (Å²) >= 11 is 0. The van der Waals surface area contributed by atoms with Gasteiger partial charge in [0.05, 0.1) is 11.1 Å². The molecule has 2 rings (SSSR count). The van der Waals surface area contributed by atoms with E-state index in [4.69, 9.17) is 10.4 Å². The zero-order valence-electron chi connectivity index (χ0n) is 8.06. The molecule has 15 heavy (non-hydrogen) atoms. The fourth-order valence-corrected chi connectivity index (χ4v) is 1.61. The highest BCUT2D eigenvalue weighted by atomic mass is 16.4. The number of aromatic carboxylic acids is 1. The van der Waals surface area contributed by atoms with Crippen LogP contribution in [0.4, 0.5) is 0 Å². The Hall–Kier alpha value is -2.28. The minimum absolute atomic E-state index is 0.199. The fraction of sp³-hybridized carbons (Fsp3) is 0.0909. The lowest BCUT2D eigenvalue weighted by molar-refractivity contribution is 0.0697. The fourth-order valence-electron chi connectivity index (χ4n) is 1.61. The first-order chi connectivity index (χ1) is 7.13. The predicted molar refractivity (Wildman–Crippen MR) is 54.6 cm³/mol. The zero-order chi connectivity index (χ0) is 11.0. The molecule has 1 aromatic heterocycles. The number of aromatic nitrogens is 1. The van der Waals surface area contributed by atoms with Crippen molar-refractivity contribution >= 4 is 16.9 Å². The van der Waals surface area contributed by atoms with Gasteiger partial charge in [-0.25, -0.2) is 4.79 Å². The van der Waals surface area contributed by atoms with E-state index in [1.807, 2.05) is 13.1 Å². The van der Waals surface area contributed by atoms with E-state index in [-0.39, 0.29) is 5.56 Å². The van der Waals surface area contributed by atoms with Gasteiger partial charge in [-0.05, 0) is 18.2 Å². The number of aryl methyl sites for hydroxylation is 1. The van der Waals surface area contributed by atoms with Crippen molar-refractivity contribution in [2.45, 2.75) is 0 Å². The number of benzene rings is 1. The standard InChI is InChI=1S/C11H8N2O2/c1-13-6-8(5-12)9-4-7(11(14)15)2-3-10(9)13/h2-4,6H,1H3,(H,14,15). The van der Waals surface area contributed by atoms with E-state index in [2.05, 4.69) is 0 Å². The van der Waals surface area contributed by atoms with E-state index in [0.29, 0.717) is 10.9 Å². The van der Waals surface area contributed by atoms with E-state index in [1.165, 1.54) is 12.1 Å². The van der Waals surface area contributed by atoms with Gasteiger partial charge in [0.2, 0.25) is 0 Å². The number of rotatable bonds is 1. The number of carboxylic acid groups (broad SMARTS) is 1. The third-order valence-corrected chi connectivity index (χ3v) is 2.36. The summed E-state index contributed by atoms with van der Waals surface area (Å²) in [6, 6.07) is 6.81. The van der Waals surface area contributed by atoms with Gasteiger partial charge in [0, 0.05) is 24.1 Å². The van der Waals surface area contributed by atoms with Crippen molar-refractivity contribution in [3.63, 3.8) is 0 Å². The summed E-state index contributed by atoms with van der Waals surface area (Å²) in [5.74, 6) is -0.982. The molecule has 0 aliphatic heterocycles. The molecule has 1 N–H and O–H groups in total. The van der Waals surface area contributed by atoms with Crippen LogP contribution >= 0.6 is 0 Å². The Morgan fingerprint density at radius 3 is 2.87 bits per heavy atom. The zero-order valence-corrected chi connectivity index (χ0v) is 8.06. The molecule has 0 atom stereocenters. The molecule has 1 heterocycles. The van der Waals surface area contributed by atoms with Crippen LogP contribution in [0.1, 0.15) is 15.9 Å². The third kappa shape index (κ3) is 1.34. The third-order valence-electron chi connectivity index (χ3n) is 2.36. The molecular formula is C11H8N2O2. The molecule has 0 bridgehead atoms. The lowest BCUT2D eigenvalue weighted by atomic mass is 10.1. The van der Waals surface area contributed by atoms with Crippen molar-refractivity contribution in [3.8, 4) is 6.07 Å². The van der Waals surface area contributed by atoms with Gasteiger partial charge < -0.3 is 9.67 Å². The highest BCUT2D eigenvalue weighted by Gasteiger charge is 2.09. The molecule has 0 fully saturated rings. The van der Waals surface area contributed by atoms with Crippen LogP contribution in [0.2, 0.25) is 0 Å². The number of hydrogen-bond donors (Lipinski definition) is 1. The molecule has 2 aromatic rings. The maximum Gasteiger partial charge on any atom is 0.335 e. The van der Waals surface area contributed by atoms with E-state index in [9.17, 15) is 4.79 Å². The SMILES string of the molecule is Cn1cc(C#N)c2cc(C(=O)O)ccc21. The first-order valence-electron chi connectivity index (χ1n) is 4.36. The molecule has 0 aliphatic rings. The smallest absolute Gasteiger partial charge is 0.335 e. The van der Waals surface area contributed by atoms with Gasteiger partial charge in [-0.2, -0.15) is 5.26 Å². The van der Waals surface area contributed by atoms with E-state index < -0.39 is 5.97 Å². The second-order valence-electron chi connectivity index (χ2n) is 3.30. The molecule has 0 saturated heterocycles. The summed E-state index contributed by atoms with van der Waals surface area (Å²) in [6.07, 6.45) is 1.69. The normalized spacial score (nSPS) is 10.1. The van der Waals surface area contributed by atoms with Crippen LogP contribution in [0, 0.1) is 11.3 Å². The Kier molecular flexibility index (Phi) is 1.94. The van der Waals surface area contributed by atoms with Crippen LogP contribution in [0.5, 0.6) is 0 Å². The number of nitriles is 1. The summed E-state index contributed by atoms with van der Waals surface area (Å²) in [5, 5.41) is 18.4. The minimum Gasteiger partial charge on any atom is -0.478 e.